The third kappa shape index (κ3) is 3.39. The van der Waals surface area contributed by atoms with Crippen LogP contribution in [-0.2, 0) is 6.42 Å². The van der Waals surface area contributed by atoms with Crippen molar-refractivity contribution in [3.05, 3.63) is 33.7 Å². The van der Waals surface area contributed by atoms with Gasteiger partial charge in [0.05, 0.1) is 10.7 Å². The molecule has 2 aromatic rings. The van der Waals surface area contributed by atoms with Crippen LogP contribution in [0.4, 0.5) is 5.82 Å². The molecular formula is C15H21N5S. The van der Waals surface area contributed by atoms with Crippen LogP contribution in [0.1, 0.15) is 40.0 Å². The largest absolute Gasteiger partial charge is 0.370 e. The summed E-state index contributed by atoms with van der Waals surface area (Å²) in [4.78, 5) is 14.5. The van der Waals surface area contributed by atoms with Crippen molar-refractivity contribution in [2.45, 2.75) is 45.1 Å². The van der Waals surface area contributed by atoms with Crippen molar-refractivity contribution in [1.82, 2.24) is 15.0 Å². The fraction of sp³-hybridized carbons (Fsp3) is 0.533. The number of nitrogens with two attached hydrogens (primary N) is 1. The van der Waals surface area contributed by atoms with Gasteiger partial charge in [0.2, 0.25) is 0 Å². The third-order valence-electron chi connectivity index (χ3n) is 4.00. The first kappa shape index (κ1) is 14.4. The molecule has 1 aliphatic carbocycles. The highest BCUT2D eigenvalue weighted by Gasteiger charge is 2.28. The van der Waals surface area contributed by atoms with E-state index in [0.717, 1.165) is 43.0 Å². The Hall–Kier alpha value is -1.53. The summed E-state index contributed by atoms with van der Waals surface area (Å²) in [7, 11) is 0. The van der Waals surface area contributed by atoms with Crippen LogP contribution in [0.25, 0.3) is 0 Å². The van der Waals surface area contributed by atoms with Gasteiger partial charge in [-0.3, -0.25) is 0 Å². The van der Waals surface area contributed by atoms with E-state index in [1.165, 1.54) is 9.88 Å². The fourth-order valence-electron chi connectivity index (χ4n) is 2.54. The summed E-state index contributed by atoms with van der Waals surface area (Å²) in [6.45, 7) is 5.01. The monoisotopic (exact) mass is 303 g/mol. The lowest BCUT2D eigenvalue weighted by Crippen LogP contribution is -2.35. The lowest BCUT2D eigenvalue weighted by Gasteiger charge is -2.31. The van der Waals surface area contributed by atoms with Crippen LogP contribution < -0.4 is 11.1 Å². The van der Waals surface area contributed by atoms with Crippen LogP contribution in [0, 0.1) is 13.8 Å². The minimum atomic E-state index is 0.345. The number of aryl methyl sites for hydroxylation is 2. The highest BCUT2D eigenvalue weighted by atomic mass is 32.1. The van der Waals surface area contributed by atoms with E-state index < -0.39 is 0 Å². The Morgan fingerprint density at radius 3 is 2.81 bits per heavy atom. The maximum absolute atomic E-state index is 5.84. The van der Waals surface area contributed by atoms with Gasteiger partial charge in [-0.1, -0.05) is 0 Å². The van der Waals surface area contributed by atoms with Crippen LogP contribution >= 0.6 is 11.3 Å². The van der Waals surface area contributed by atoms with Gasteiger partial charge in [0.1, 0.15) is 12.1 Å². The quantitative estimate of drug-likeness (QED) is 0.887. The molecule has 0 aliphatic heterocycles. The van der Waals surface area contributed by atoms with E-state index in [-0.39, 0.29) is 0 Å². The van der Waals surface area contributed by atoms with E-state index in [9.17, 15) is 0 Å². The molecule has 0 saturated heterocycles. The predicted octanol–water partition coefficient (Wildman–Crippen LogP) is 2.41. The van der Waals surface area contributed by atoms with Gasteiger partial charge in [-0.25, -0.2) is 15.0 Å². The lowest BCUT2D eigenvalue weighted by atomic mass is 9.79. The number of hydrogen-bond acceptors (Lipinski definition) is 6. The minimum absolute atomic E-state index is 0.345. The van der Waals surface area contributed by atoms with Gasteiger partial charge < -0.3 is 11.1 Å². The second-order valence-corrected chi connectivity index (χ2v) is 6.97. The van der Waals surface area contributed by atoms with Crippen molar-refractivity contribution in [2.75, 3.05) is 11.9 Å². The molecule has 0 bridgehead atoms. The van der Waals surface area contributed by atoms with E-state index in [2.05, 4.69) is 40.2 Å². The molecule has 1 saturated carbocycles. The van der Waals surface area contributed by atoms with Gasteiger partial charge in [-0.05, 0) is 26.7 Å². The van der Waals surface area contributed by atoms with Crippen LogP contribution in [-0.4, -0.2) is 27.5 Å². The van der Waals surface area contributed by atoms with E-state index in [1.807, 2.05) is 0 Å². The summed E-state index contributed by atoms with van der Waals surface area (Å²) in [6.07, 6.45) is 4.63. The van der Waals surface area contributed by atoms with E-state index in [0.29, 0.717) is 12.0 Å². The van der Waals surface area contributed by atoms with Crippen LogP contribution in [0.3, 0.4) is 0 Å². The SMILES string of the molecule is Cc1nc(CCNc2cc(C3CC(N)C3)ncn2)sc1C. The van der Waals surface area contributed by atoms with Crippen LogP contribution in [0.5, 0.6) is 0 Å². The Morgan fingerprint density at radius 1 is 1.33 bits per heavy atom. The summed E-state index contributed by atoms with van der Waals surface area (Å²) >= 11 is 1.77. The molecule has 6 heteroatoms. The van der Waals surface area contributed by atoms with Gasteiger partial charge in [0.25, 0.3) is 0 Å². The molecule has 3 rings (SSSR count). The Bertz CT molecular complexity index is 599. The van der Waals surface area contributed by atoms with E-state index in [4.69, 9.17) is 5.73 Å². The van der Waals surface area contributed by atoms with E-state index in [1.54, 1.807) is 17.7 Å². The molecule has 0 spiro atoms. The summed E-state index contributed by atoms with van der Waals surface area (Å²) in [6, 6.07) is 2.40. The van der Waals surface area contributed by atoms with Gasteiger partial charge in [-0.15, -0.1) is 11.3 Å². The fourth-order valence-corrected chi connectivity index (χ4v) is 3.47. The predicted molar refractivity (Wildman–Crippen MR) is 85.8 cm³/mol. The Morgan fingerprint density at radius 2 is 2.14 bits per heavy atom. The maximum Gasteiger partial charge on any atom is 0.129 e. The molecule has 21 heavy (non-hydrogen) atoms. The third-order valence-corrected chi connectivity index (χ3v) is 5.13. The van der Waals surface area contributed by atoms with Crippen LogP contribution in [0.15, 0.2) is 12.4 Å². The first-order chi connectivity index (χ1) is 10.1. The molecule has 0 unspecified atom stereocenters. The Balaban J connectivity index is 1.54. The van der Waals surface area contributed by atoms with Gasteiger partial charge in [0, 0.05) is 41.6 Å². The van der Waals surface area contributed by atoms with Crippen molar-refractivity contribution in [1.29, 1.82) is 0 Å². The molecule has 0 atom stereocenters. The first-order valence-electron chi connectivity index (χ1n) is 7.36. The highest BCUT2D eigenvalue weighted by Crippen LogP contribution is 2.34. The van der Waals surface area contributed by atoms with Crippen molar-refractivity contribution in [3.63, 3.8) is 0 Å². The zero-order valence-electron chi connectivity index (χ0n) is 12.5. The average Bonchev–Trinajstić information content (AvgIpc) is 2.74. The number of nitrogens with zero attached hydrogens (tertiary/aromatic N) is 3. The molecule has 0 aromatic carbocycles. The molecule has 3 N–H and O–H groups in total. The number of thiazole rings is 1. The smallest absolute Gasteiger partial charge is 0.129 e. The molecule has 5 nitrogen and oxygen atoms in total. The topological polar surface area (TPSA) is 76.7 Å². The summed E-state index contributed by atoms with van der Waals surface area (Å²) in [5, 5.41) is 4.54. The Kier molecular flexibility index (Phi) is 4.17. The molecular weight excluding hydrogens is 282 g/mol. The second kappa shape index (κ2) is 6.07. The number of aromatic nitrogens is 3. The normalized spacial score (nSPS) is 21.1. The number of rotatable bonds is 5. The van der Waals surface area contributed by atoms with Gasteiger partial charge in [0.15, 0.2) is 0 Å². The summed E-state index contributed by atoms with van der Waals surface area (Å²) in [5.74, 6) is 1.40. The molecule has 2 aromatic heterocycles. The number of hydrogen-bond donors (Lipinski definition) is 2. The van der Waals surface area contributed by atoms with Crippen molar-refractivity contribution in [2.24, 2.45) is 5.73 Å². The first-order valence-corrected chi connectivity index (χ1v) is 8.18. The molecule has 112 valence electrons. The van der Waals surface area contributed by atoms with E-state index >= 15 is 0 Å². The highest BCUT2D eigenvalue weighted by molar-refractivity contribution is 7.11. The average molecular weight is 303 g/mol. The van der Waals surface area contributed by atoms with Crippen molar-refractivity contribution < 1.29 is 0 Å². The Labute approximate surface area is 129 Å². The van der Waals surface area contributed by atoms with Crippen LogP contribution in [0.2, 0.25) is 0 Å². The lowest BCUT2D eigenvalue weighted by molar-refractivity contribution is 0.345. The standard InChI is InChI=1S/C15H21N5S/c1-9-10(2)21-15(20-9)3-4-17-14-7-13(18-8-19-14)11-5-12(16)6-11/h7-8,11-12H,3-6,16H2,1-2H3,(H,17,18,19). The summed E-state index contributed by atoms with van der Waals surface area (Å²) in [5.41, 5.74) is 8.08. The van der Waals surface area contributed by atoms with Crippen molar-refractivity contribution in [3.8, 4) is 0 Å². The molecule has 1 aliphatic rings. The number of anilines is 1. The molecule has 2 heterocycles. The molecule has 1 fully saturated rings. The minimum Gasteiger partial charge on any atom is -0.370 e. The van der Waals surface area contributed by atoms with Gasteiger partial charge >= 0.3 is 0 Å². The zero-order valence-corrected chi connectivity index (χ0v) is 13.3. The van der Waals surface area contributed by atoms with Crippen molar-refractivity contribution >= 4 is 17.2 Å². The van der Waals surface area contributed by atoms with Gasteiger partial charge in [-0.2, -0.15) is 0 Å². The molecule has 0 amide bonds. The zero-order chi connectivity index (χ0) is 14.8. The molecule has 0 radical (unpaired) electrons. The number of nitrogens with one attached hydrogen (secondary N) is 1. The second-order valence-electron chi connectivity index (χ2n) is 5.68. The maximum atomic E-state index is 5.84. The summed E-state index contributed by atoms with van der Waals surface area (Å²) < 4.78 is 0.